The standard InChI is InChI=1S/C8H24O4Si3/c1-7-9-15(10-8-2,11-13(3)4)12-14(5)6/h13-14H,7-8H2,1-6H3. The molecule has 4 nitrogen and oxygen atoms in total. The zero-order chi connectivity index (χ0) is 11.9. The fraction of sp³-hybridized carbons (Fsp3) is 1.00. The van der Waals surface area contributed by atoms with Gasteiger partial charge < -0.3 is 17.1 Å². The Bertz CT molecular complexity index is 148. The molecule has 0 unspecified atom stereocenters. The predicted octanol–water partition coefficient (Wildman–Crippen LogP) is 1.49. The van der Waals surface area contributed by atoms with Gasteiger partial charge in [0.15, 0.2) is 18.1 Å². The predicted molar refractivity (Wildman–Crippen MR) is 68.9 cm³/mol. The normalized spacial score (nSPS) is 12.8. The lowest BCUT2D eigenvalue weighted by atomic mass is 10.9. The average molecular weight is 269 g/mol. The SMILES string of the molecule is CCO[Si](OCC)(O[SiH](C)C)O[SiH](C)C. The highest BCUT2D eigenvalue weighted by Gasteiger charge is 2.45. The topological polar surface area (TPSA) is 36.9 Å². The fourth-order valence-electron chi connectivity index (χ4n) is 1.14. The van der Waals surface area contributed by atoms with Crippen molar-refractivity contribution in [1.82, 2.24) is 0 Å². The van der Waals surface area contributed by atoms with Crippen molar-refractivity contribution in [2.24, 2.45) is 0 Å². The van der Waals surface area contributed by atoms with E-state index in [1.807, 2.05) is 13.8 Å². The minimum atomic E-state index is -2.80. The Labute approximate surface area is 97.8 Å². The summed E-state index contributed by atoms with van der Waals surface area (Å²) in [5.41, 5.74) is 0. The molecule has 0 radical (unpaired) electrons. The molecular formula is C8H24O4Si3. The first kappa shape index (κ1) is 15.5. The van der Waals surface area contributed by atoms with Gasteiger partial charge in [-0.3, -0.25) is 0 Å². The Morgan fingerprint density at radius 3 is 1.33 bits per heavy atom. The van der Waals surface area contributed by atoms with E-state index in [-0.39, 0.29) is 0 Å². The molecule has 0 fully saturated rings. The van der Waals surface area contributed by atoms with E-state index in [2.05, 4.69) is 26.2 Å². The monoisotopic (exact) mass is 268 g/mol. The lowest BCUT2D eigenvalue weighted by Gasteiger charge is -2.30. The zero-order valence-corrected chi connectivity index (χ0v) is 14.0. The second-order valence-electron chi connectivity index (χ2n) is 3.70. The second-order valence-corrected chi connectivity index (χ2v) is 11.4. The highest BCUT2D eigenvalue weighted by molar-refractivity contribution is 6.71. The average Bonchev–Trinajstić information content (AvgIpc) is 2.01. The summed E-state index contributed by atoms with van der Waals surface area (Å²) in [6.07, 6.45) is 0. The summed E-state index contributed by atoms with van der Waals surface area (Å²) in [5, 5.41) is 0. The maximum Gasteiger partial charge on any atom is 0.657 e. The van der Waals surface area contributed by atoms with E-state index in [1.165, 1.54) is 0 Å². The van der Waals surface area contributed by atoms with Crippen LogP contribution in [0.3, 0.4) is 0 Å². The first-order chi connectivity index (χ1) is 6.95. The summed E-state index contributed by atoms with van der Waals surface area (Å²) in [4.78, 5) is 0. The van der Waals surface area contributed by atoms with Crippen LogP contribution in [0.5, 0.6) is 0 Å². The molecule has 0 aliphatic rings. The van der Waals surface area contributed by atoms with Crippen LogP contribution in [-0.4, -0.2) is 40.3 Å². The summed E-state index contributed by atoms with van der Waals surface area (Å²) in [6.45, 7) is 13.4. The van der Waals surface area contributed by atoms with Gasteiger partial charge in [-0.05, 0) is 40.0 Å². The minimum Gasteiger partial charge on any atom is -0.398 e. The van der Waals surface area contributed by atoms with Crippen molar-refractivity contribution in [3.05, 3.63) is 0 Å². The van der Waals surface area contributed by atoms with Crippen molar-refractivity contribution < 1.29 is 17.1 Å². The molecule has 0 bridgehead atoms. The number of hydrogen-bond donors (Lipinski definition) is 0. The molecule has 0 atom stereocenters. The Morgan fingerprint density at radius 2 is 1.13 bits per heavy atom. The lowest BCUT2D eigenvalue weighted by molar-refractivity contribution is 0.0488. The van der Waals surface area contributed by atoms with E-state index in [4.69, 9.17) is 17.1 Å². The van der Waals surface area contributed by atoms with Gasteiger partial charge in [0.05, 0.1) is 0 Å². The molecule has 0 saturated carbocycles. The van der Waals surface area contributed by atoms with E-state index >= 15 is 0 Å². The van der Waals surface area contributed by atoms with E-state index in [9.17, 15) is 0 Å². The Kier molecular flexibility index (Phi) is 7.97. The molecule has 7 heteroatoms. The highest BCUT2D eigenvalue weighted by atomic mass is 28.5. The smallest absolute Gasteiger partial charge is 0.398 e. The third kappa shape index (κ3) is 6.61. The molecule has 0 amide bonds. The molecule has 0 aromatic rings. The second kappa shape index (κ2) is 7.71. The van der Waals surface area contributed by atoms with Gasteiger partial charge in [0, 0.05) is 13.2 Å². The van der Waals surface area contributed by atoms with Crippen molar-refractivity contribution in [2.75, 3.05) is 13.2 Å². The first-order valence-electron chi connectivity index (χ1n) is 5.59. The molecule has 0 saturated heterocycles. The highest BCUT2D eigenvalue weighted by Crippen LogP contribution is 2.14. The molecule has 92 valence electrons. The molecule has 0 aromatic heterocycles. The fourth-order valence-corrected chi connectivity index (χ4v) is 8.36. The zero-order valence-electron chi connectivity index (χ0n) is 10.7. The van der Waals surface area contributed by atoms with Crippen LogP contribution < -0.4 is 0 Å². The van der Waals surface area contributed by atoms with Gasteiger partial charge in [-0.15, -0.1) is 0 Å². The molecule has 0 heterocycles. The molecular weight excluding hydrogens is 244 g/mol. The van der Waals surface area contributed by atoms with Crippen LogP contribution in [0.4, 0.5) is 0 Å². The molecule has 0 aromatic carbocycles. The summed E-state index contributed by atoms with van der Waals surface area (Å²) in [6, 6.07) is 0. The van der Waals surface area contributed by atoms with Gasteiger partial charge in [-0.25, -0.2) is 0 Å². The van der Waals surface area contributed by atoms with Crippen molar-refractivity contribution in [2.45, 2.75) is 40.0 Å². The summed E-state index contributed by atoms with van der Waals surface area (Å²) in [5.74, 6) is 0. The Hall–Kier alpha value is 0.491. The van der Waals surface area contributed by atoms with E-state index in [0.717, 1.165) is 0 Å². The van der Waals surface area contributed by atoms with Crippen LogP contribution in [0, 0.1) is 0 Å². The third-order valence-corrected chi connectivity index (χ3v) is 8.77. The van der Waals surface area contributed by atoms with E-state index in [0.29, 0.717) is 13.2 Å². The molecule has 0 aliphatic heterocycles. The van der Waals surface area contributed by atoms with Gasteiger partial charge in [0.2, 0.25) is 0 Å². The van der Waals surface area contributed by atoms with Crippen LogP contribution in [0.15, 0.2) is 0 Å². The van der Waals surface area contributed by atoms with Crippen molar-refractivity contribution in [3.8, 4) is 0 Å². The Morgan fingerprint density at radius 1 is 0.800 bits per heavy atom. The maximum absolute atomic E-state index is 5.88. The van der Waals surface area contributed by atoms with Gasteiger partial charge in [0.1, 0.15) is 0 Å². The summed E-state index contributed by atoms with van der Waals surface area (Å²) in [7, 11) is -5.22. The lowest BCUT2D eigenvalue weighted by Crippen LogP contribution is -2.53. The van der Waals surface area contributed by atoms with Crippen LogP contribution in [0.2, 0.25) is 26.2 Å². The van der Waals surface area contributed by atoms with Crippen molar-refractivity contribution >= 4 is 27.1 Å². The first-order valence-corrected chi connectivity index (χ1v) is 12.8. The van der Waals surface area contributed by atoms with Gasteiger partial charge >= 0.3 is 9.05 Å². The quantitative estimate of drug-likeness (QED) is 0.625. The van der Waals surface area contributed by atoms with Gasteiger partial charge in [-0.2, -0.15) is 0 Å². The van der Waals surface area contributed by atoms with E-state index in [1.54, 1.807) is 0 Å². The van der Waals surface area contributed by atoms with E-state index < -0.39 is 27.1 Å². The largest absolute Gasteiger partial charge is 0.657 e. The van der Waals surface area contributed by atoms with Gasteiger partial charge in [-0.1, -0.05) is 0 Å². The van der Waals surface area contributed by atoms with Crippen LogP contribution in [0.25, 0.3) is 0 Å². The molecule has 0 aliphatic carbocycles. The molecule has 15 heavy (non-hydrogen) atoms. The number of rotatable bonds is 8. The summed E-state index contributed by atoms with van der Waals surface area (Å²) >= 11 is 0. The van der Waals surface area contributed by atoms with Crippen LogP contribution in [0.1, 0.15) is 13.8 Å². The Balaban J connectivity index is 4.55. The molecule has 0 N–H and O–H groups in total. The number of hydrogen-bond acceptors (Lipinski definition) is 4. The van der Waals surface area contributed by atoms with Crippen molar-refractivity contribution in [1.29, 1.82) is 0 Å². The van der Waals surface area contributed by atoms with Crippen molar-refractivity contribution in [3.63, 3.8) is 0 Å². The maximum atomic E-state index is 5.88. The molecule has 0 rings (SSSR count). The third-order valence-electron chi connectivity index (χ3n) is 1.40. The summed E-state index contributed by atoms with van der Waals surface area (Å²) < 4.78 is 23.0. The minimum absolute atomic E-state index is 0.578. The van der Waals surface area contributed by atoms with Crippen LogP contribution >= 0.6 is 0 Å². The molecule has 0 spiro atoms. The van der Waals surface area contributed by atoms with Crippen LogP contribution in [-0.2, 0) is 17.1 Å². The van der Waals surface area contributed by atoms with Gasteiger partial charge in [0.25, 0.3) is 0 Å².